The second-order valence-corrected chi connectivity index (χ2v) is 4.59. The monoisotopic (exact) mass is 276 g/mol. The minimum atomic E-state index is -1.03. The first kappa shape index (κ1) is 13.4. The van der Waals surface area contributed by atoms with Crippen molar-refractivity contribution < 1.29 is 14.6 Å². The molecule has 2 rings (SSSR count). The first-order valence-corrected chi connectivity index (χ1v) is 6.08. The summed E-state index contributed by atoms with van der Waals surface area (Å²) in [6.07, 6.45) is 0. The summed E-state index contributed by atoms with van der Waals surface area (Å²) in [6.45, 7) is 1.95. The van der Waals surface area contributed by atoms with Crippen molar-refractivity contribution in [1.29, 1.82) is 0 Å². The maximum atomic E-state index is 11.1. The van der Waals surface area contributed by atoms with Gasteiger partial charge in [0.25, 0.3) is 0 Å². The Labute approximate surface area is 116 Å². The Morgan fingerprint density at radius 1 is 1.21 bits per heavy atom. The highest BCUT2D eigenvalue weighted by molar-refractivity contribution is 6.33. The van der Waals surface area contributed by atoms with Gasteiger partial charge >= 0.3 is 5.97 Å². The molecule has 0 saturated carbocycles. The van der Waals surface area contributed by atoms with E-state index >= 15 is 0 Å². The van der Waals surface area contributed by atoms with Crippen LogP contribution in [0.3, 0.4) is 0 Å². The van der Waals surface area contributed by atoms with Gasteiger partial charge in [0, 0.05) is 0 Å². The molecule has 0 saturated heterocycles. The SMILES string of the molecule is COc1ccc(-c2ccc(Cl)c(C(=O)O)c2)c(C)c1. The summed E-state index contributed by atoms with van der Waals surface area (Å²) in [5, 5.41) is 9.32. The molecule has 0 heterocycles. The molecule has 0 atom stereocenters. The van der Waals surface area contributed by atoms with E-state index in [9.17, 15) is 4.79 Å². The smallest absolute Gasteiger partial charge is 0.337 e. The zero-order chi connectivity index (χ0) is 14.0. The molecule has 0 bridgehead atoms. The van der Waals surface area contributed by atoms with E-state index in [4.69, 9.17) is 21.4 Å². The highest BCUT2D eigenvalue weighted by Crippen LogP contribution is 2.29. The van der Waals surface area contributed by atoms with Crippen molar-refractivity contribution >= 4 is 17.6 Å². The Hall–Kier alpha value is -2.00. The van der Waals surface area contributed by atoms with E-state index in [1.807, 2.05) is 31.2 Å². The average molecular weight is 277 g/mol. The molecule has 19 heavy (non-hydrogen) atoms. The normalized spacial score (nSPS) is 10.3. The van der Waals surface area contributed by atoms with Crippen LogP contribution in [-0.2, 0) is 0 Å². The number of hydrogen-bond acceptors (Lipinski definition) is 2. The number of halogens is 1. The van der Waals surface area contributed by atoms with Crippen LogP contribution in [0, 0.1) is 6.92 Å². The fourth-order valence-electron chi connectivity index (χ4n) is 1.94. The molecule has 0 aliphatic rings. The van der Waals surface area contributed by atoms with Crippen molar-refractivity contribution in [2.45, 2.75) is 6.92 Å². The molecule has 4 heteroatoms. The summed E-state index contributed by atoms with van der Waals surface area (Å²) >= 11 is 5.87. The number of rotatable bonds is 3. The van der Waals surface area contributed by atoms with Crippen LogP contribution in [0.2, 0.25) is 5.02 Å². The van der Waals surface area contributed by atoms with Gasteiger partial charge in [0.2, 0.25) is 0 Å². The number of aromatic carboxylic acids is 1. The molecule has 0 radical (unpaired) electrons. The van der Waals surface area contributed by atoms with Gasteiger partial charge in [-0.15, -0.1) is 0 Å². The number of benzene rings is 2. The van der Waals surface area contributed by atoms with E-state index in [1.54, 1.807) is 19.2 Å². The Morgan fingerprint density at radius 3 is 2.53 bits per heavy atom. The highest BCUT2D eigenvalue weighted by Gasteiger charge is 2.11. The molecule has 0 aliphatic heterocycles. The van der Waals surface area contributed by atoms with Crippen LogP contribution in [0.25, 0.3) is 11.1 Å². The number of aryl methyl sites for hydroxylation is 1. The minimum absolute atomic E-state index is 0.106. The van der Waals surface area contributed by atoms with E-state index in [0.717, 1.165) is 22.4 Å². The van der Waals surface area contributed by atoms with Crippen LogP contribution >= 0.6 is 11.6 Å². The summed E-state index contributed by atoms with van der Waals surface area (Å²) in [7, 11) is 1.61. The Balaban J connectivity index is 2.53. The third-order valence-corrected chi connectivity index (χ3v) is 3.27. The van der Waals surface area contributed by atoms with Crippen molar-refractivity contribution in [1.82, 2.24) is 0 Å². The van der Waals surface area contributed by atoms with Crippen molar-refractivity contribution in [3.05, 3.63) is 52.5 Å². The molecule has 0 aliphatic carbocycles. The lowest BCUT2D eigenvalue weighted by molar-refractivity contribution is 0.0697. The van der Waals surface area contributed by atoms with Crippen LogP contribution in [0.15, 0.2) is 36.4 Å². The molecular formula is C15H13ClO3. The Bertz CT molecular complexity index is 635. The van der Waals surface area contributed by atoms with Gasteiger partial charge < -0.3 is 9.84 Å². The summed E-state index contributed by atoms with van der Waals surface area (Å²) in [5.74, 6) is -0.258. The third kappa shape index (κ3) is 2.71. The van der Waals surface area contributed by atoms with E-state index in [0.29, 0.717) is 0 Å². The van der Waals surface area contributed by atoms with Crippen LogP contribution in [-0.4, -0.2) is 18.2 Å². The highest BCUT2D eigenvalue weighted by atomic mass is 35.5. The van der Waals surface area contributed by atoms with Gasteiger partial charge in [-0.1, -0.05) is 23.7 Å². The summed E-state index contributed by atoms with van der Waals surface area (Å²) in [6, 6.07) is 10.7. The number of carbonyl (C=O) groups is 1. The zero-order valence-corrected chi connectivity index (χ0v) is 11.4. The lowest BCUT2D eigenvalue weighted by Crippen LogP contribution is -1.98. The molecule has 2 aromatic rings. The molecule has 3 nitrogen and oxygen atoms in total. The molecule has 0 amide bonds. The molecule has 1 N–H and O–H groups in total. The zero-order valence-electron chi connectivity index (χ0n) is 10.6. The number of hydrogen-bond donors (Lipinski definition) is 1. The predicted molar refractivity (Wildman–Crippen MR) is 75.1 cm³/mol. The molecule has 0 fully saturated rings. The number of carboxylic acids is 1. The van der Waals surface area contributed by atoms with Gasteiger partial charge in [0.05, 0.1) is 17.7 Å². The van der Waals surface area contributed by atoms with Crippen molar-refractivity contribution in [2.24, 2.45) is 0 Å². The second kappa shape index (κ2) is 5.33. The lowest BCUT2D eigenvalue weighted by Gasteiger charge is -2.09. The Morgan fingerprint density at radius 2 is 1.95 bits per heavy atom. The van der Waals surface area contributed by atoms with Crippen molar-refractivity contribution in [3.8, 4) is 16.9 Å². The van der Waals surface area contributed by atoms with Gasteiger partial charge in [-0.05, 0) is 47.9 Å². The largest absolute Gasteiger partial charge is 0.497 e. The lowest BCUT2D eigenvalue weighted by atomic mass is 9.98. The van der Waals surface area contributed by atoms with Crippen LogP contribution in [0.1, 0.15) is 15.9 Å². The topological polar surface area (TPSA) is 46.5 Å². The van der Waals surface area contributed by atoms with Crippen LogP contribution < -0.4 is 4.74 Å². The van der Waals surface area contributed by atoms with E-state index in [1.165, 1.54) is 0 Å². The van der Waals surface area contributed by atoms with Crippen LogP contribution in [0.4, 0.5) is 0 Å². The first-order valence-electron chi connectivity index (χ1n) is 5.71. The van der Waals surface area contributed by atoms with Gasteiger partial charge in [0.15, 0.2) is 0 Å². The number of carboxylic acid groups (broad SMARTS) is 1. The Kier molecular flexibility index (Phi) is 3.76. The number of methoxy groups -OCH3 is 1. The third-order valence-electron chi connectivity index (χ3n) is 2.94. The summed E-state index contributed by atoms with van der Waals surface area (Å²) in [4.78, 5) is 11.1. The van der Waals surface area contributed by atoms with E-state index in [-0.39, 0.29) is 10.6 Å². The van der Waals surface area contributed by atoms with E-state index in [2.05, 4.69) is 0 Å². The van der Waals surface area contributed by atoms with Gasteiger partial charge in [0.1, 0.15) is 5.75 Å². The van der Waals surface area contributed by atoms with Gasteiger partial charge in [-0.2, -0.15) is 0 Å². The van der Waals surface area contributed by atoms with Crippen LogP contribution in [0.5, 0.6) is 5.75 Å². The molecule has 2 aromatic carbocycles. The number of ether oxygens (including phenoxy) is 1. The molecule has 0 spiro atoms. The molecular weight excluding hydrogens is 264 g/mol. The van der Waals surface area contributed by atoms with Gasteiger partial charge in [-0.25, -0.2) is 4.79 Å². The average Bonchev–Trinajstić information content (AvgIpc) is 2.39. The first-order chi connectivity index (χ1) is 9.02. The quantitative estimate of drug-likeness (QED) is 0.921. The van der Waals surface area contributed by atoms with Gasteiger partial charge in [-0.3, -0.25) is 0 Å². The molecule has 0 unspecified atom stereocenters. The summed E-state index contributed by atoms with van der Waals surface area (Å²) in [5.41, 5.74) is 2.90. The minimum Gasteiger partial charge on any atom is -0.497 e. The standard InChI is InChI=1S/C15H13ClO3/c1-9-7-11(19-2)4-5-12(9)10-3-6-14(16)13(8-10)15(17)18/h3-8H,1-2H3,(H,17,18). The predicted octanol–water partition coefficient (Wildman–Crippen LogP) is 4.02. The van der Waals surface area contributed by atoms with Crippen molar-refractivity contribution in [2.75, 3.05) is 7.11 Å². The fourth-order valence-corrected chi connectivity index (χ4v) is 2.14. The maximum absolute atomic E-state index is 11.1. The van der Waals surface area contributed by atoms with E-state index < -0.39 is 5.97 Å². The summed E-state index contributed by atoms with van der Waals surface area (Å²) < 4.78 is 5.15. The molecule has 98 valence electrons. The van der Waals surface area contributed by atoms with Crippen molar-refractivity contribution in [3.63, 3.8) is 0 Å². The maximum Gasteiger partial charge on any atom is 0.337 e. The second-order valence-electron chi connectivity index (χ2n) is 4.18. The fraction of sp³-hybridized carbons (Fsp3) is 0.133. The molecule has 0 aromatic heterocycles.